The monoisotopic (exact) mass is 517 g/mol. The molecule has 3 heteroatoms. The first-order valence-electron chi connectivity index (χ1n) is 14.9. The number of aryl methyl sites for hydroxylation is 2. The van der Waals surface area contributed by atoms with Crippen LogP contribution in [0.1, 0.15) is 88.5 Å². The van der Waals surface area contributed by atoms with Crippen LogP contribution in [0.2, 0.25) is 0 Å². The molecule has 3 heterocycles. The first-order chi connectivity index (χ1) is 18.6. The average Bonchev–Trinajstić information content (AvgIpc) is 3.53. The molecule has 3 aromatic heterocycles. The number of aromatic nitrogens is 2. The Kier molecular flexibility index (Phi) is 5.50. The van der Waals surface area contributed by atoms with E-state index in [-0.39, 0.29) is 10.8 Å². The minimum Gasteiger partial charge on any atom is -0.437 e. The van der Waals surface area contributed by atoms with Gasteiger partial charge in [-0.1, -0.05) is 77.6 Å². The maximum absolute atomic E-state index is 6.74. The minimum absolute atomic E-state index is 0.0896. The summed E-state index contributed by atoms with van der Waals surface area (Å²) >= 11 is 0. The van der Waals surface area contributed by atoms with E-state index in [1.165, 1.54) is 83.8 Å². The summed E-state index contributed by atoms with van der Waals surface area (Å²) < 4.78 is 8.99. The molecule has 0 bridgehead atoms. The quantitative estimate of drug-likeness (QED) is 0.223. The Labute approximate surface area is 232 Å². The normalized spacial score (nSPS) is 18.8. The molecule has 0 unspecified atom stereocenters. The van der Waals surface area contributed by atoms with Crippen molar-refractivity contribution >= 4 is 33.0 Å². The van der Waals surface area contributed by atoms with Gasteiger partial charge in [0, 0.05) is 28.3 Å². The van der Waals surface area contributed by atoms with Crippen LogP contribution in [0.5, 0.6) is 0 Å². The molecule has 200 valence electrons. The molecule has 1 fully saturated rings. The van der Waals surface area contributed by atoms with E-state index >= 15 is 0 Å². The molecule has 5 aromatic rings. The third kappa shape index (κ3) is 3.91. The molecule has 1 saturated carbocycles. The lowest BCUT2D eigenvalue weighted by Gasteiger charge is -2.42. The largest absolute Gasteiger partial charge is 0.437 e. The molecule has 2 aromatic carbocycles. The molecular formula is C36H41N2O+. The molecular weight excluding hydrogens is 476 g/mol. The maximum Gasteiger partial charge on any atom is 0.227 e. The first-order valence-corrected chi connectivity index (χ1v) is 14.9. The van der Waals surface area contributed by atoms with Crippen molar-refractivity contribution in [3.63, 3.8) is 0 Å². The Bertz CT molecular complexity index is 1760. The van der Waals surface area contributed by atoms with Crippen LogP contribution in [0.4, 0.5) is 0 Å². The Morgan fingerprint density at radius 1 is 0.923 bits per heavy atom. The van der Waals surface area contributed by atoms with Crippen LogP contribution in [0.3, 0.4) is 0 Å². The molecule has 2 aliphatic carbocycles. The number of nitrogens with zero attached hydrogens (tertiary/aromatic N) is 2. The Morgan fingerprint density at radius 2 is 1.69 bits per heavy atom. The molecule has 0 amide bonds. The summed E-state index contributed by atoms with van der Waals surface area (Å²) in [6, 6.07) is 16.1. The van der Waals surface area contributed by atoms with Crippen molar-refractivity contribution in [3.05, 3.63) is 70.9 Å². The second-order valence-electron chi connectivity index (χ2n) is 13.8. The summed E-state index contributed by atoms with van der Waals surface area (Å²) in [5.74, 6) is 0.824. The predicted octanol–water partition coefficient (Wildman–Crippen LogP) is 9.02. The lowest BCUT2D eigenvalue weighted by atomic mass is 9.62. The number of rotatable bonds is 3. The molecule has 39 heavy (non-hydrogen) atoms. The van der Waals surface area contributed by atoms with Gasteiger partial charge < -0.3 is 4.42 Å². The van der Waals surface area contributed by atoms with Crippen LogP contribution in [0.25, 0.3) is 44.2 Å². The fraction of sp³-hybridized carbons (Fsp3) is 0.444. The van der Waals surface area contributed by atoms with Gasteiger partial charge in [0.1, 0.15) is 7.05 Å². The van der Waals surface area contributed by atoms with Gasteiger partial charge in [-0.25, -0.2) is 9.55 Å². The third-order valence-corrected chi connectivity index (χ3v) is 10.1. The van der Waals surface area contributed by atoms with Crippen LogP contribution in [0, 0.1) is 12.8 Å². The van der Waals surface area contributed by atoms with E-state index in [1.807, 2.05) is 0 Å². The van der Waals surface area contributed by atoms with Crippen LogP contribution in [0.15, 0.2) is 53.1 Å². The van der Waals surface area contributed by atoms with Gasteiger partial charge in [-0.2, -0.15) is 0 Å². The van der Waals surface area contributed by atoms with Crippen molar-refractivity contribution in [2.45, 2.75) is 90.4 Å². The van der Waals surface area contributed by atoms with Gasteiger partial charge in [-0.15, -0.1) is 0 Å². The summed E-state index contributed by atoms with van der Waals surface area (Å²) in [6.45, 7) is 11.7. The van der Waals surface area contributed by atoms with Gasteiger partial charge in [0.15, 0.2) is 11.8 Å². The van der Waals surface area contributed by atoms with E-state index in [2.05, 4.69) is 94.9 Å². The fourth-order valence-electron chi connectivity index (χ4n) is 7.58. The zero-order valence-corrected chi connectivity index (χ0v) is 24.4. The van der Waals surface area contributed by atoms with E-state index < -0.39 is 0 Å². The van der Waals surface area contributed by atoms with Crippen molar-refractivity contribution < 1.29 is 8.98 Å². The number of fused-ring (bicyclic) bond motifs is 6. The van der Waals surface area contributed by atoms with Crippen LogP contribution < -0.4 is 4.57 Å². The zero-order chi connectivity index (χ0) is 27.1. The van der Waals surface area contributed by atoms with Crippen LogP contribution >= 0.6 is 0 Å². The summed E-state index contributed by atoms with van der Waals surface area (Å²) in [4.78, 5) is 5.29. The smallest absolute Gasteiger partial charge is 0.227 e. The van der Waals surface area contributed by atoms with Gasteiger partial charge in [0.2, 0.25) is 11.4 Å². The number of hydrogen-bond donors (Lipinski definition) is 0. The van der Waals surface area contributed by atoms with E-state index in [1.54, 1.807) is 0 Å². The summed E-state index contributed by atoms with van der Waals surface area (Å²) in [7, 11) is 2.15. The van der Waals surface area contributed by atoms with Gasteiger partial charge in [0.25, 0.3) is 0 Å². The highest BCUT2D eigenvalue weighted by Crippen LogP contribution is 2.49. The summed E-state index contributed by atoms with van der Waals surface area (Å²) in [6.07, 6.45) is 11.3. The molecule has 0 spiro atoms. The number of benzene rings is 2. The molecule has 3 nitrogen and oxygen atoms in total. The predicted molar refractivity (Wildman–Crippen MR) is 161 cm³/mol. The Balaban J connectivity index is 1.45. The Hall–Kier alpha value is -3.20. The van der Waals surface area contributed by atoms with Crippen molar-refractivity contribution in [3.8, 4) is 11.3 Å². The number of pyridine rings is 2. The number of hydrogen-bond acceptors (Lipinski definition) is 2. The van der Waals surface area contributed by atoms with Crippen molar-refractivity contribution in [1.29, 1.82) is 0 Å². The fourth-order valence-corrected chi connectivity index (χ4v) is 7.58. The highest BCUT2D eigenvalue weighted by molar-refractivity contribution is 6.11. The van der Waals surface area contributed by atoms with E-state index in [4.69, 9.17) is 9.40 Å². The highest BCUT2D eigenvalue weighted by atomic mass is 16.3. The van der Waals surface area contributed by atoms with E-state index in [9.17, 15) is 0 Å². The molecule has 7 rings (SSSR count). The summed E-state index contributed by atoms with van der Waals surface area (Å²) in [5, 5.41) is 3.47. The zero-order valence-electron chi connectivity index (χ0n) is 24.4. The molecule has 2 aliphatic rings. The van der Waals surface area contributed by atoms with Gasteiger partial charge >= 0.3 is 0 Å². The van der Waals surface area contributed by atoms with Crippen molar-refractivity contribution in [1.82, 2.24) is 4.98 Å². The lowest BCUT2D eigenvalue weighted by Crippen LogP contribution is -2.34. The topological polar surface area (TPSA) is 29.9 Å². The molecule has 0 radical (unpaired) electrons. The SMILES string of the molecule is Cc1ccc2c(oc3nc4c5c(ccc4cc32)C(C)(C)CCC5(C)C)c1-c1cc(CC2CCCC2)cc[n+]1C. The van der Waals surface area contributed by atoms with Crippen LogP contribution in [-0.2, 0) is 24.3 Å². The molecule has 0 N–H and O–H groups in total. The molecule has 0 atom stereocenters. The standard InChI is InChI=1S/C36H41N2O/c1-22-11-13-26-27-21-25-12-14-28-31(36(4,5)17-16-35(28,2)3)32(25)37-34(27)39-33(26)30(22)29-20-24(15-18-38(29)6)19-23-9-7-8-10-23/h11-15,18,20-21,23H,7-10,16-17,19H2,1-6H3/q+1. The van der Waals surface area contributed by atoms with Crippen molar-refractivity contribution in [2.24, 2.45) is 13.0 Å². The first kappa shape index (κ1) is 24.8. The molecule has 0 aliphatic heterocycles. The lowest BCUT2D eigenvalue weighted by molar-refractivity contribution is -0.660. The average molecular weight is 518 g/mol. The highest BCUT2D eigenvalue weighted by Gasteiger charge is 2.39. The maximum atomic E-state index is 6.74. The van der Waals surface area contributed by atoms with Gasteiger partial charge in [-0.3, -0.25) is 0 Å². The van der Waals surface area contributed by atoms with E-state index in [0.717, 1.165) is 33.5 Å². The van der Waals surface area contributed by atoms with Crippen molar-refractivity contribution in [2.75, 3.05) is 0 Å². The molecule has 0 saturated heterocycles. The van der Waals surface area contributed by atoms with Crippen LogP contribution in [-0.4, -0.2) is 4.98 Å². The summed E-state index contributed by atoms with van der Waals surface area (Å²) in [5.41, 5.74) is 11.0. The minimum atomic E-state index is 0.0896. The van der Waals surface area contributed by atoms with Gasteiger partial charge in [-0.05, 0) is 71.3 Å². The third-order valence-electron chi connectivity index (χ3n) is 10.1. The van der Waals surface area contributed by atoms with E-state index in [0.29, 0.717) is 0 Å². The second-order valence-corrected chi connectivity index (χ2v) is 13.8. The second kappa shape index (κ2) is 8.65. The Morgan fingerprint density at radius 3 is 2.49 bits per heavy atom. The van der Waals surface area contributed by atoms with Gasteiger partial charge in [0.05, 0.1) is 11.1 Å². The number of furan rings is 1.